The lowest BCUT2D eigenvalue weighted by Gasteiger charge is -2.37. The van der Waals surface area contributed by atoms with E-state index in [1.165, 1.54) is 6.20 Å². The quantitative estimate of drug-likeness (QED) is 0.336. The van der Waals surface area contributed by atoms with Crippen LogP contribution in [0.2, 0.25) is 0 Å². The molecule has 1 aliphatic heterocycles. The van der Waals surface area contributed by atoms with Crippen molar-refractivity contribution in [1.82, 2.24) is 9.55 Å². The van der Waals surface area contributed by atoms with Crippen LogP contribution < -0.4 is 11.2 Å². The number of rotatable bonds is 7. The van der Waals surface area contributed by atoms with Crippen LogP contribution in [0.25, 0.3) is 0 Å². The average molecular weight is 501 g/mol. The van der Waals surface area contributed by atoms with Gasteiger partial charge in [-0.05, 0) is 23.6 Å². The first-order valence-electron chi connectivity index (χ1n) is 12.1. The Balaban J connectivity index is 1.53. The van der Waals surface area contributed by atoms with E-state index in [4.69, 9.17) is 9.47 Å². The molecule has 0 bridgehead atoms. The van der Waals surface area contributed by atoms with Gasteiger partial charge in [0.25, 0.3) is 5.56 Å². The molecule has 1 aromatic heterocycles. The number of aliphatic hydroxyl groups is 2. The van der Waals surface area contributed by atoms with Crippen molar-refractivity contribution in [2.24, 2.45) is 0 Å². The summed E-state index contributed by atoms with van der Waals surface area (Å²) in [5.74, 6) is 0. The molecule has 4 aromatic rings. The number of hydrogen-bond donors (Lipinski definition) is 3. The van der Waals surface area contributed by atoms with Crippen molar-refractivity contribution in [3.8, 4) is 0 Å². The number of nitrogens with zero attached hydrogens (tertiary/aromatic N) is 1. The van der Waals surface area contributed by atoms with E-state index in [0.29, 0.717) is 0 Å². The van der Waals surface area contributed by atoms with E-state index in [9.17, 15) is 19.8 Å². The molecule has 8 heteroatoms. The molecular formula is C29H28N2O6. The van der Waals surface area contributed by atoms with Gasteiger partial charge < -0.3 is 19.7 Å². The number of aromatic amines is 1. The summed E-state index contributed by atoms with van der Waals surface area (Å²) in [6.45, 7) is 1.45. The van der Waals surface area contributed by atoms with Gasteiger partial charge in [-0.2, -0.15) is 0 Å². The largest absolute Gasteiger partial charge is 0.387 e. The van der Waals surface area contributed by atoms with Crippen molar-refractivity contribution in [2.45, 2.75) is 37.1 Å². The summed E-state index contributed by atoms with van der Waals surface area (Å²) in [6.07, 6.45) is -3.56. The maximum Gasteiger partial charge on any atom is 0.330 e. The monoisotopic (exact) mass is 500 g/mol. The van der Waals surface area contributed by atoms with E-state index in [1.807, 2.05) is 91.0 Å². The lowest BCUT2D eigenvalue weighted by atomic mass is 9.80. The highest BCUT2D eigenvalue weighted by Gasteiger charge is 2.46. The van der Waals surface area contributed by atoms with Crippen LogP contribution in [0, 0.1) is 6.92 Å². The molecule has 37 heavy (non-hydrogen) atoms. The van der Waals surface area contributed by atoms with Crippen molar-refractivity contribution < 1.29 is 19.7 Å². The molecule has 1 fully saturated rings. The maximum atomic E-state index is 12.4. The molecule has 2 heterocycles. The highest BCUT2D eigenvalue weighted by molar-refractivity contribution is 5.47. The Hall–Kier alpha value is -3.82. The second-order valence-corrected chi connectivity index (χ2v) is 9.12. The number of aryl methyl sites for hydroxylation is 1. The minimum atomic E-state index is -1.41. The average Bonchev–Trinajstić information content (AvgIpc) is 3.21. The first-order valence-corrected chi connectivity index (χ1v) is 12.1. The SMILES string of the molecule is Cc1cn([C@H]2O[C@@H](COC(c3ccccc3)(c3ccccc3)c3ccccc3)C(O)C2O)c(=O)[nH]c1=O. The highest BCUT2D eigenvalue weighted by atomic mass is 16.6. The third-order valence-corrected chi connectivity index (χ3v) is 6.76. The standard InChI is InChI=1S/C29H28N2O6/c1-19-17-31(28(35)30-26(19)34)27-25(33)24(32)23(37-27)18-36-29(20-11-5-2-6-12-20,21-13-7-3-8-14-21)22-15-9-4-10-16-22/h2-17,23-25,27,32-33H,18H2,1H3,(H,30,34,35)/t23-,24?,25?,27-/m0/s1. The van der Waals surface area contributed by atoms with Crippen LogP contribution in [0.4, 0.5) is 0 Å². The molecule has 1 aliphatic rings. The summed E-state index contributed by atoms with van der Waals surface area (Å²) in [5.41, 5.74) is 0.619. The van der Waals surface area contributed by atoms with Gasteiger partial charge in [0.1, 0.15) is 23.9 Å². The van der Waals surface area contributed by atoms with Crippen molar-refractivity contribution in [1.29, 1.82) is 0 Å². The Morgan fingerprint density at radius 3 is 1.81 bits per heavy atom. The molecule has 5 rings (SSSR count). The van der Waals surface area contributed by atoms with Gasteiger partial charge >= 0.3 is 5.69 Å². The van der Waals surface area contributed by atoms with Crippen molar-refractivity contribution in [3.05, 3.63) is 140 Å². The van der Waals surface area contributed by atoms with Gasteiger partial charge in [0.05, 0.1) is 6.61 Å². The van der Waals surface area contributed by atoms with Crippen LogP contribution >= 0.6 is 0 Å². The molecule has 0 amide bonds. The van der Waals surface area contributed by atoms with E-state index in [2.05, 4.69) is 4.98 Å². The van der Waals surface area contributed by atoms with Crippen molar-refractivity contribution in [3.63, 3.8) is 0 Å². The molecule has 0 saturated carbocycles. The van der Waals surface area contributed by atoms with Crippen LogP contribution in [0.1, 0.15) is 28.5 Å². The summed E-state index contributed by atoms with van der Waals surface area (Å²) >= 11 is 0. The van der Waals surface area contributed by atoms with Gasteiger partial charge in [0, 0.05) is 11.8 Å². The van der Waals surface area contributed by atoms with Crippen LogP contribution in [0.5, 0.6) is 0 Å². The molecule has 0 radical (unpaired) electrons. The zero-order valence-corrected chi connectivity index (χ0v) is 20.2. The third-order valence-electron chi connectivity index (χ3n) is 6.76. The summed E-state index contributed by atoms with van der Waals surface area (Å²) < 4.78 is 13.8. The van der Waals surface area contributed by atoms with Gasteiger partial charge in [-0.3, -0.25) is 14.3 Å². The minimum absolute atomic E-state index is 0.0928. The summed E-state index contributed by atoms with van der Waals surface area (Å²) in [4.78, 5) is 26.4. The lowest BCUT2D eigenvalue weighted by Crippen LogP contribution is -2.40. The number of aliphatic hydroxyl groups excluding tert-OH is 2. The van der Waals surface area contributed by atoms with Gasteiger partial charge in [-0.1, -0.05) is 91.0 Å². The predicted molar refractivity (Wildman–Crippen MR) is 137 cm³/mol. The number of nitrogens with one attached hydrogen (secondary N) is 1. The fourth-order valence-electron chi connectivity index (χ4n) is 4.85. The Labute approximate surface area is 213 Å². The Morgan fingerprint density at radius 2 is 1.32 bits per heavy atom. The predicted octanol–water partition coefficient (Wildman–Crippen LogP) is 2.47. The van der Waals surface area contributed by atoms with E-state index < -0.39 is 41.4 Å². The van der Waals surface area contributed by atoms with Crippen LogP contribution in [0.3, 0.4) is 0 Å². The van der Waals surface area contributed by atoms with E-state index in [-0.39, 0.29) is 12.2 Å². The second kappa shape index (κ2) is 10.3. The second-order valence-electron chi connectivity index (χ2n) is 9.12. The van der Waals surface area contributed by atoms with Crippen LogP contribution in [0.15, 0.2) is 107 Å². The summed E-state index contributed by atoms with van der Waals surface area (Å²) in [6, 6.07) is 29.3. The number of aromatic nitrogens is 2. The van der Waals surface area contributed by atoms with Gasteiger partial charge in [0.15, 0.2) is 6.23 Å². The lowest BCUT2D eigenvalue weighted by molar-refractivity contribution is -0.0959. The molecule has 3 N–H and O–H groups in total. The Morgan fingerprint density at radius 1 is 0.838 bits per heavy atom. The van der Waals surface area contributed by atoms with Gasteiger partial charge in [-0.25, -0.2) is 4.79 Å². The summed E-state index contributed by atoms with van der Waals surface area (Å²) in [5, 5.41) is 21.6. The Bertz CT molecular complexity index is 1360. The van der Waals surface area contributed by atoms with E-state index in [0.717, 1.165) is 21.3 Å². The number of benzene rings is 3. The molecule has 1 saturated heterocycles. The molecule has 0 aliphatic carbocycles. The van der Waals surface area contributed by atoms with Crippen LogP contribution in [-0.2, 0) is 15.1 Å². The van der Waals surface area contributed by atoms with Crippen molar-refractivity contribution in [2.75, 3.05) is 6.61 Å². The molecule has 8 nitrogen and oxygen atoms in total. The summed E-state index contributed by atoms with van der Waals surface area (Å²) in [7, 11) is 0. The maximum absolute atomic E-state index is 12.4. The molecule has 4 atom stereocenters. The fourth-order valence-corrected chi connectivity index (χ4v) is 4.85. The zero-order chi connectivity index (χ0) is 26.0. The minimum Gasteiger partial charge on any atom is -0.387 e. The molecule has 190 valence electrons. The first kappa shape index (κ1) is 24.9. The molecule has 3 aromatic carbocycles. The topological polar surface area (TPSA) is 114 Å². The van der Waals surface area contributed by atoms with E-state index in [1.54, 1.807) is 6.92 Å². The zero-order valence-electron chi connectivity index (χ0n) is 20.2. The highest BCUT2D eigenvalue weighted by Crippen LogP contribution is 2.41. The van der Waals surface area contributed by atoms with Gasteiger partial charge in [0.2, 0.25) is 0 Å². The smallest absolute Gasteiger partial charge is 0.330 e. The molecule has 0 spiro atoms. The number of hydrogen-bond acceptors (Lipinski definition) is 6. The fraction of sp³-hybridized carbons (Fsp3) is 0.241. The van der Waals surface area contributed by atoms with E-state index >= 15 is 0 Å². The number of ether oxygens (including phenoxy) is 2. The molecule has 2 unspecified atom stereocenters. The van der Waals surface area contributed by atoms with Crippen molar-refractivity contribution >= 4 is 0 Å². The first-order chi connectivity index (χ1) is 17.9. The third kappa shape index (κ3) is 4.56. The van der Waals surface area contributed by atoms with Crippen LogP contribution in [-0.4, -0.2) is 44.7 Å². The number of H-pyrrole nitrogens is 1. The Kier molecular flexibility index (Phi) is 6.90. The normalized spacial score (nSPS) is 21.7. The van der Waals surface area contributed by atoms with Gasteiger partial charge in [-0.15, -0.1) is 0 Å². The molecular weight excluding hydrogens is 472 g/mol.